The van der Waals surface area contributed by atoms with Gasteiger partial charge in [0.15, 0.2) is 0 Å². The Bertz CT molecular complexity index is 749. The van der Waals surface area contributed by atoms with Crippen molar-refractivity contribution in [2.24, 2.45) is 5.73 Å². The highest BCUT2D eigenvalue weighted by molar-refractivity contribution is 5.75. The quantitative estimate of drug-likeness (QED) is 0.782. The molecule has 0 saturated heterocycles. The van der Waals surface area contributed by atoms with Crippen molar-refractivity contribution in [2.75, 3.05) is 6.61 Å². The second-order valence-corrected chi connectivity index (χ2v) is 5.04. The molecule has 0 fully saturated rings. The molecule has 0 aliphatic carbocycles. The van der Waals surface area contributed by atoms with Gasteiger partial charge in [-0.15, -0.1) is 0 Å². The lowest BCUT2D eigenvalue weighted by Crippen LogP contribution is -2.13. The Balaban J connectivity index is 1.75. The number of benzene rings is 2. The monoisotopic (exact) mass is 281 g/mol. The lowest BCUT2D eigenvalue weighted by atomic mass is 10.2. The van der Waals surface area contributed by atoms with Gasteiger partial charge in [-0.1, -0.05) is 24.3 Å². The van der Waals surface area contributed by atoms with Crippen molar-refractivity contribution >= 4 is 11.0 Å². The van der Waals surface area contributed by atoms with Gasteiger partial charge in [0, 0.05) is 0 Å². The maximum atomic E-state index is 5.82. The van der Waals surface area contributed by atoms with E-state index in [4.69, 9.17) is 10.5 Å². The fourth-order valence-electron chi connectivity index (χ4n) is 2.49. The summed E-state index contributed by atoms with van der Waals surface area (Å²) in [6, 6.07) is 16.1. The molecule has 0 aliphatic heterocycles. The molecule has 0 saturated carbocycles. The molecule has 0 bridgehead atoms. The Morgan fingerprint density at radius 3 is 2.81 bits per heavy atom. The summed E-state index contributed by atoms with van der Waals surface area (Å²) < 4.78 is 7.95. The topological polar surface area (TPSA) is 53.1 Å². The minimum absolute atomic E-state index is 0.430. The van der Waals surface area contributed by atoms with E-state index in [2.05, 4.69) is 28.6 Å². The molecule has 2 N–H and O–H groups in total. The molecule has 0 unspecified atom stereocenters. The molecule has 1 heterocycles. The van der Waals surface area contributed by atoms with E-state index in [1.165, 1.54) is 5.56 Å². The van der Waals surface area contributed by atoms with Gasteiger partial charge in [-0.25, -0.2) is 4.98 Å². The van der Waals surface area contributed by atoms with Crippen LogP contribution in [0.5, 0.6) is 5.75 Å². The summed E-state index contributed by atoms with van der Waals surface area (Å²) in [5.41, 5.74) is 9.07. The van der Waals surface area contributed by atoms with Gasteiger partial charge >= 0.3 is 0 Å². The van der Waals surface area contributed by atoms with Crippen molar-refractivity contribution in [1.29, 1.82) is 0 Å². The highest BCUT2D eigenvalue weighted by Crippen LogP contribution is 2.16. The number of aromatic nitrogens is 2. The highest BCUT2D eigenvalue weighted by atomic mass is 16.5. The molecule has 4 heteroatoms. The van der Waals surface area contributed by atoms with Gasteiger partial charge in [-0.2, -0.15) is 0 Å². The summed E-state index contributed by atoms with van der Waals surface area (Å²) >= 11 is 0. The predicted octanol–water partition coefficient (Wildman–Crippen LogP) is 2.88. The van der Waals surface area contributed by atoms with E-state index in [1.54, 1.807) is 0 Å². The standard InChI is InChI=1S/C17H19N3O/c1-13-5-4-6-14(11-13)21-10-9-20-16-8-3-2-7-15(16)19-17(20)12-18/h2-8,11H,9-10,12,18H2,1H3. The number of rotatable bonds is 5. The summed E-state index contributed by atoms with van der Waals surface area (Å²) in [6.07, 6.45) is 0. The zero-order valence-electron chi connectivity index (χ0n) is 12.1. The molecule has 108 valence electrons. The first kappa shape index (κ1) is 13.6. The fourth-order valence-corrected chi connectivity index (χ4v) is 2.49. The lowest BCUT2D eigenvalue weighted by Gasteiger charge is -2.10. The average Bonchev–Trinajstić information content (AvgIpc) is 2.86. The Kier molecular flexibility index (Phi) is 3.88. The normalized spacial score (nSPS) is 11.0. The van der Waals surface area contributed by atoms with Crippen LogP contribution >= 0.6 is 0 Å². The van der Waals surface area contributed by atoms with E-state index < -0.39 is 0 Å². The Labute approximate surface area is 124 Å². The van der Waals surface area contributed by atoms with E-state index >= 15 is 0 Å². The van der Waals surface area contributed by atoms with Crippen LogP contribution in [0.1, 0.15) is 11.4 Å². The van der Waals surface area contributed by atoms with Gasteiger partial charge in [-0.3, -0.25) is 0 Å². The van der Waals surface area contributed by atoms with E-state index in [0.717, 1.165) is 29.2 Å². The average molecular weight is 281 g/mol. The summed E-state index contributed by atoms with van der Waals surface area (Å²) in [6.45, 7) is 3.82. The molecular formula is C17H19N3O. The van der Waals surface area contributed by atoms with E-state index in [1.807, 2.05) is 36.4 Å². The van der Waals surface area contributed by atoms with Crippen LogP contribution in [0, 0.1) is 6.92 Å². The maximum Gasteiger partial charge on any atom is 0.123 e. The second-order valence-electron chi connectivity index (χ2n) is 5.04. The fraction of sp³-hybridized carbons (Fsp3) is 0.235. The maximum absolute atomic E-state index is 5.82. The number of aryl methyl sites for hydroxylation is 1. The van der Waals surface area contributed by atoms with E-state index in [9.17, 15) is 0 Å². The summed E-state index contributed by atoms with van der Waals surface area (Å²) in [5, 5.41) is 0. The van der Waals surface area contributed by atoms with E-state index in [-0.39, 0.29) is 0 Å². The number of para-hydroxylation sites is 2. The summed E-state index contributed by atoms with van der Waals surface area (Å²) in [5.74, 6) is 1.79. The molecule has 0 aliphatic rings. The molecule has 3 rings (SSSR count). The SMILES string of the molecule is Cc1cccc(OCCn2c(CN)nc3ccccc32)c1. The molecule has 0 radical (unpaired) electrons. The van der Waals surface area contributed by atoms with Crippen molar-refractivity contribution in [3.05, 3.63) is 59.9 Å². The number of fused-ring (bicyclic) bond motifs is 1. The number of hydrogen-bond donors (Lipinski definition) is 1. The number of hydrogen-bond acceptors (Lipinski definition) is 3. The Morgan fingerprint density at radius 2 is 2.00 bits per heavy atom. The zero-order valence-corrected chi connectivity index (χ0v) is 12.1. The van der Waals surface area contributed by atoms with Crippen LogP contribution in [-0.4, -0.2) is 16.2 Å². The molecule has 3 aromatic rings. The third kappa shape index (κ3) is 2.90. The number of nitrogens with two attached hydrogens (primary N) is 1. The van der Waals surface area contributed by atoms with Gasteiger partial charge in [0.2, 0.25) is 0 Å². The third-order valence-electron chi connectivity index (χ3n) is 3.49. The Morgan fingerprint density at radius 1 is 1.14 bits per heavy atom. The summed E-state index contributed by atoms with van der Waals surface area (Å²) in [7, 11) is 0. The third-order valence-corrected chi connectivity index (χ3v) is 3.49. The minimum Gasteiger partial charge on any atom is -0.492 e. The zero-order chi connectivity index (χ0) is 14.7. The van der Waals surface area contributed by atoms with Gasteiger partial charge < -0.3 is 15.0 Å². The van der Waals surface area contributed by atoms with Crippen molar-refractivity contribution in [1.82, 2.24) is 9.55 Å². The first-order chi connectivity index (χ1) is 10.3. The first-order valence-electron chi connectivity index (χ1n) is 7.11. The van der Waals surface area contributed by atoms with Crippen LogP contribution in [0.2, 0.25) is 0 Å². The van der Waals surface area contributed by atoms with Crippen LogP contribution in [0.4, 0.5) is 0 Å². The van der Waals surface area contributed by atoms with Crippen LogP contribution < -0.4 is 10.5 Å². The molecule has 0 atom stereocenters. The molecule has 4 nitrogen and oxygen atoms in total. The minimum atomic E-state index is 0.430. The van der Waals surface area contributed by atoms with Crippen molar-refractivity contribution in [3.8, 4) is 5.75 Å². The smallest absolute Gasteiger partial charge is 0.123 e. The van der Waals surface area contributed by atoms with E-state index in [0.29, 0.717) is 13.2 Å². The molecule has 0 amide bonds. The van der Waals surface area contributed by atoms with Crippen LogP contribution in [0.3, 0.4) is 0 Å². The lowest BCUT2D eigenvalue weighted by molar-refractivity contribution is 0.298. The number of ether oxygens (including phenoxy) is 1. The van der Waals surface area contributed by atoms with Gasteiger partial charge in [-0.05, 0) is 36.8 Å². The van der Waals surface area contributed by atoms with Crippen LogP contribution in [0.15, 0.2) is 48.5 Å². The number of nitrogens with zero attached hydrogens (tertiary/aromatic N) is 2. The molecular weight excluding hydrogens is 262 g/mol. The molecule has 21 heavy (non-hydrogen) atoms. The highest BCUT2D eigenvalue weighted by Gasteiger charge is 2.08. The second kappa shape index (κ2) is 5.97. The molecule has 1 aromatic heterocycles. The first-order valence-corrected chi connectivity index (χ1v) is 7.11. The molecule has 0 spiro atoms. The number of imidazole rings is 1. The molecule has 2 aromatic carbocycles. The van der Waals surface area contributed by atoms with Crippen molar-refractivity contribution < 1.29 is 4.74 Å². The predicted molar refractivity (Wildman–Crippen MR) is 84.3 cm³/mol. The van der Waals surface area contributed by atoms with Crippen molar-refractivity contribution in [3.63, 3.8) is 0 Å². The summed E-state index contributed by atoms with van der Waals surface area (Å²) in [4.78, 5) is 4.55. The van der Waals surface area contributed by atoms with Crippen molar-refractivity contribution in [2.45, 2.75) is 20.0 Å². The van der Waals surface area contributed by atoms with Gasteiger partial charge in [0.1, 0.15) is 18.2 Å². The van der Waals surface area contributed by atoms with Gasteiger partial charge in [0.25, 0.3) is 0 Å². The van der Waals surface area contributed by atoms with Crippen LogP contribution in [0.25, 0.3) is 11.0 Å². The van der Waals surface area contributed by atoms with Gasteiger partial charge in [0.05, 0.1) is 24.1 Å². The van der Waals surface area contributed by atoms with Crippen LogP contribution in [-0.2, 0) is 13.1 Å². The Hall–Kier alpha value is -2.33. The largest absolute Gasteiger partial charge is 0.492 e.